The summed E-state index contributed by atoms with van der Waals surface area (Å²) in [4.78, 5) is 14.0. The van der Waals surface area contributed by atoms with E-state index in [9.17, 15) is 15.0 Å². The van der Waals surface area contributed by atoms with Crippen molar-refractivity contribution in [1.82, 2.24) is 0 Å². The largest absolute Gasteiger partial charge is 0.508 e. The van der Waals surface area contributed by atoms with Gasteiger partial charge in [0.05, 0.1) is 4.88 Å². The number of ketones is 1. The van der Waals surface area contributed by atoms with Gasteiger partial charge in [-0.05, 0) is 48.4 Å². The van der Waals surface area contributed by atoms with Crippen LogP contribution in [0, 0.1) is 6.92 Å². The topological polar surface area (TPSA) is 57.5 Å². The highest BCUT2D eigenvalue weighted by Gasteiger charge is 2.14. The maximum absolute atomic E-state index is 12.5. The molecule has 3 nitrogen and oxygen atoms in total. The van der Waals surface area contributed by atoms with Crippen LogP contribution in [-0.4, -0.2) is 16.0 Å². The van der Waals surface area contributed by atoms with E-state index in [0.717, 1.165) is 16.0 Å². The number of benzene rings is 2. The quantitative estimate of drug-likeness (QED) is 0.706. The summed E-state index contributed by atoms with van der Waals surface area (Å²) in [6, 6.07) is 15.5. The molecule has 2 aromatic carbocycles. The Balaban J connectivity index is 1.93. The van der Waals surface area contributed by atoms with Crippen molar-refractivity contribution in [1.29, 1.82) is 0 Å². The second kappa shape index (κ2) is 5.66. The summed E-state index contributed by atoms with van der Waals surface area (Å²) in [5.41, 5.74) is 2.08. The predicted octanol–water partition coefficient (Wildman–Crippen LogP) is 4.37. The Hall–Kier alpha value is -2.59. The van der Waals surface area contributed by atoms with E-state index in [1.807, 2.05) is 12.1 Å². The van der Waals surface area contributed by atoms with Crippen LogP contribution in [0.3, 0.4) is 0 Å². The molecule has 22 heavy (non-hydrogen) atoms. The van der Waals surface area contributed by atoms with Gasteiger partial charge in [-0.25, -0.2) is 0 Å². The smallest absolute Gasteiger partial charge is 0.203 e. The number of thiophene rings is 1. The van der Waals surface area contributed by atoms with Crippen LogP contribution in [0.25, 0.3) is 10.4 Å². The molecular weight excluding hydrogens is 296 g/mol. The fraction of sp³-hybridized carbons (Fsp3) is 0.0556. The van der Waals surface area contributed by atoms with Crippen molar-refractivity contribution in [3.63, 3.8) is 0 Å². The van der Waals surface area contributed by atoms with Crippen molar-refractivity contribution >= 4 is 17.1 Å². The zero-order chi connectivity index (χ0) is 15.7. The first kappa shape index (κ1) is 14.4. The van der Waals surface area contributed by atoms with E-state index in [4.69, 9.17) is 0 Å². The summed E-state index contributed by atoms with van der Waals surface area (Å²) in [6.07, 6.45) is 0. The van der Waals surface area contributed by atoms with Crippen molar-refractivity contribution < 1.29 is 15.0 Å². The molecule has 0 fully saturated rings. The molecule has 0 aliphatic heterocycles. The Morgan fingerprint density at radius 1 is 1.00 bits per heavy atom. The van der Waals surface area contributed by atoms with E-state index in [2.05, 4.69) is 0 Å². The molecule has 0 aliphatic rings. The molecule has 0 spiro atoms. The molecule has 3 aromatic rings. The molecule has 1 heterocycles. The van der Waals surface area contributed by atoms with Gasteiger partial charge in [0.25, 0.3) is 0 Å². The number of hydrogen-bond donors (Lipinski definition) is 2. The Labute approximate surface area is 132 Å². The van der Waals surface area contributed by atoms with Gasteiger partial charge in [0.2, 0.25) is 5.78 Å². The highest BCUT2D eigenvalue weighted by atomic mass is 32.1. The first-order chi connectivity index (χ1) is 10.5. The summed E-state index contributed by atoms with van der Waals surface area (Å²) >= 11 is 1.37. The van der Waals surface area contributed by atoms with Crippen molar-refractivity contribution in [2.45, 2.75) is 6.92 Å². The van der Waals surface area contributed by atoms with Crippen molar-refractivity contribution in [3.05, 3.63) is 70.6 Å². The van der Waals surface area contributed by atoms with Gasteiger partial charge in [-0.15, -0.1) is 11.3 Å². The third kappa shape index (κ3) is 2.73. The standard InChI is InChI=1S/C18H14O3S/c1-11-5-6-13(10-15(11)20)18(21)17-8-7-16(22-17)12-3-2-4-14(19)9-12/h2-10,19-20H,1H3. The third-order valence-corrected chi connectivity index (χ3v) is 4.56. The zero-order valence-electron chi connectivity index (χ0n) is 11.9. The number of aryl methyl sites for hydroxylation is 1. The lowest BCUT2D eigenvalue weighted by Gasteiger charge is -2.02. The Morgan fingerprint density at radius 3 is 2.55 bits per heavy atom. The monoisotopic (exact) mass is 310 g/mol. The van der Waals surface area contributed by atoms with Crippen LogP contribution in [0.1, 0.15) is 20.8 Å². The van der Waals surface area contributed by atoms with Crippen LogP contribution in [-0.2, 0) is 0 Å². The van der Waals surface area contributed by atoms with Gasteiger partial charge >= 0.3 is 0 Å². The van der Waals surface area contributed by atoms with Crippen LogP contribution in [0.5, 0.6) is 11.5 Å². The molecule has 3 rings (SSSR count). The summed E-state index contributed by atoms with van der Waals surface area (Å²) < 4.78 is 0. The summed E-state index contributed by atoms with van der Waals surface area (Å²) in [7, 11) is 0. The molecule has 0 bridgehead atoms. The zero-order valence-corrected chi connectivity index (χ0v) is 12.7. The maximum Gasteiger partial charge on any atom is 0.203 e. The second-order valence-corrected chi connectivity index (χ2v) is 6.13. The van der Waals surface area contributed by atoms with Gasteiger partial charge in [-0.3, -0.25) is 4.79 Å². The van der Waals surface area contributed by atoms with E-state index in [1.165, 1.54) is 17.4 Å². The van der Waals surface area contributed by atoms with E-state index < -0.39 is 0 Å². The first-order valence-electron chi connectivity index (χ1n) is 6.78. The van der Waals surface area contributed by atoms with Gasteiger partial charge in [-0.2, -0.15) is 0 Å². The van der Waals surface area contributed by atoms with Crippen molar-refractivity contribution in [3.8, 4) is 21.9 Å². The Kier molecular flexibility index (Phi) is 3.69. The second-order valence-electron chi connectivity index (χ2n) is 5.04. The fourth-order valence-corrected chi connectivity index (χ4v) is 3.13. The normalized spacial score (nSPS) is 10.6. The average molecular weight is 310 g/mol. The van der Waals surface area contributed by atoms with Crippen LogP contribution in [0.4, 0.5) is 0 Å². The highest BCUT2D eigenvalue weighted by Crippen LogP contribution is 2.31. The lowest BCUT2D eigenvalue weighted by atomic mass is 10.1. The maximum atomic E-state index is 12.5. The average Bonchev–Trinajstić information content (AvgIpc) is 2.99. The van der Waals surface area contributed by atoms with Crippen LogP contribution >= 0.6 is 11.3 Å². The van der Waals surface area contributed by atoms with Gasteiger partial charge in [-0.1, -0.05) is 24.3 Å². The number of phenols is 2. The lowest BCUT2D eigenvalue weighted by molar-refractivity contribution is 0.104. The Bertz CT molecular complexity index is 849. The minimum absolute atomic E-state index is 0.119. The summed E-state index contributed by atoms with van der Waals surface area (Å²) in [6.45, 7) is 1.79. The molecule has 0 saturated carbocycles. The molecule has 0 atom stereocenters. The molecule has 110 valence electrons. The number of carbonyl (C=O) groups is 1. The van der Waals surface area contributed by atoms with Gasteiger partial charge < -0.3 is 10.2 Å². The van der Waals surface area contributed by atoms with Gasteiger partial charge in [0.15, 0.2) is 0 Å². The lowest BCUT2D eigenvalue weighted by Crippen LogP contribution is -1.98. The van der Waals surface area contributed by atoms with E-state index in [0.29, 0.717) is 10.4 Å². The third-order valence-electron chi connectivity index (χ3n) is 3.43. The minimum Gasteiger partial charge on any atom is -0.508 e. The van der Waals surface area contributed by atoms with Gasteiger partial charge in [0, 0.05) is 10.4 Å². The minimum atomic E-state index is -0.119. The molecule has 0 unspecified atom stereocenters. The number of carbonyl (C=O) groups excluding carboxylic acids is 1. The highest BCUT2D eigenvalue weighted by molar-refractivity contribution is 7.17. The molecule has 0 amide bonds. The summed E-state index contributed by atoms with van der Waals surface area (Å²) in [5.74, 6) is 0.199. The number of hydrogen-bond acceptors (Lipinski definition) is 4. The van der Waals surface area contributed by atoms with Crippen molar-refractivity contribution in [2.24, 2.45) is 0 Å². The van der Waals surface area contributed by atoms with E-state index in [-0.39, 0.29) is 17.3 Å². The number of aromatic hydroxyl groups is 2. The van der Waals surface area contributed by atoms with E-state index in [1.54, 1.807) is 43.3 Å². The van der Waals surface area contributed by atoms with Crippen molar-refractivity contribution in [2.75, 3.05) is 0 Å². The van der Waals surface area contributed by atoms with E-state index >= 15 is 0 Å². The van der Waals surface area contributed by atoms with Crippen LogP contribution < -0.4 is 0 Å². The fourth-order valence-electron chi connectivity index (χ4n) is 2.17. The molecule has 2 N–H and O–H groups in total. The van der Waals surface area contributed by atoms with Gasteiger partial charge in [0.1, 0.15) is 11.5 Å². The van der Waals surface area contributed by atoms with Crippen LogP contribution in [0.15, 0.2) is 54.6 Å². The molecule has 0 saturated heterocycles. The Morgan fingerprint density at radius 2 is 1.82 bits per heavy atom. The molecule has 4 heteroatoms. The predicted molar refractivity (Wildman–Crippen MR) is 87.7 cm³/mol. The van der Waals surface area contributed by atoms with Crippen LogP contribution in [0.2, 0.25) is 0 Å². The summed E-state index contributed by atoms with van der Waals surface area (Å²) in [5, 5.41) is 19.3. The molecule has 0 aliphatic carbocycles. The molecular formula is C18H14O3S. The molecule has 0 radical (unpaired) electrons. The molecule has 1 aromatic heterocycles. The number of rotatable bonds is 3. The number of phenolic OH excluding ortho intramolecular Hbond substituents is 2. The SMILES string of the molecule is Cc1ccc(C(=O)c2ccc(-c3cccc(O)c3)s2)cc1O. The first-order valence-corrected chi connectivity index (χ1v) is 7.60.